The summed E-state index contributed by atoms with van der Waals surface area (Å²) in [5.41, 5.74) is 2.39. The molecule has 8 heteroatoms. The second-order valence-corrected chi connectivity index (χ2v) is 8.25. The molecule has 1 N–H and O–H groups in total. The molecule has 164 valence electrons. The van der Waals surface area contributed by atoms with Crippen LogP contribution in [0, 0.1) is 0 Å². The van der Waals surface area contributed by atoms with E-state index in [1.165, 1.54) is 0 Å². The average molecular weight is 444 g/mol. The fourth-order valence-corrected chi connectivity index (χ4v) is 3.77. The quantitative estimate of drug-likeness (QED) is 0.742. The van der Waals surface area contributed by atoms with Gasteiger partial charge in [-0.3, -0.25) is 15.0 Å². The lowest BCUT2D eigenvalue weighted by Gasteiger charge is -2.42. The summed E-state index contributed by atoms with van der Waals surface area (Å²) in [6.45, 7) is 5.10. The summed E-state index contributed by atoms with van der Waals surface area (Å²) in [6, 6.07) is 14.9. The van der Waals surface area contributed by atoms with Gasteiger partial charge in [-0.1, -0.05) is 35.9 Å². The molecule has 7 nitrogen and oxygen atoms in total. The van der Waals surface area contributed by atoms with E-state index in [0.717, 1.165) is 50.5 Å². The van der Waals surface area contributed by atoms with E-state index in [0.29, 0.717) is 23.2 Å². The van der Waals surface area contributed by atoms with Gasteiger partial charge < -0.3 is 14.4 Å². The van der Waals surface area contributed by atoms with Gasteiger partial charge in [-0.15, -0.1) is 0 Å². The second kappa shape index (κ2) is 10.1. The molecule has 2 aromatic rings. The van der Waals surface area contributed by atoms with E-state index in [1.807, 2.05) is 29.2 Å². The normalized spacial score (nSPS) is 17.1. The van der Waals surface area contributed by atoms with E-state index in [2.05, 4.69) is 10.2 Å². The first-order valence-corrected chi connectivity index (χ1v) is 10.8. The third-order valence-corrected chi connectivity index (χ3v) is 5.89. The highest BCUT2D eigenvalue weighted by molar-refractivity contribution is 6.30. The van der Waals surface area contributed by atoms with Crippen LogP contribution in [0.25, 0.3) is 0 Å². The third kappa shape index (κ3) is 5.97. The van der Waals surface area contributed by atoms with Crippen molar-refractivity contribution in [2.24, 2.45) is 0 Å². The van der Waals surface area contributed by atoms with Gasteiger partial charge in [0.15, 0.2) is 0 Å². The molecule has 2 heterocycles. The van der Waals surface area contributed by atoms with Crippen molar-refractivity contribution in [3.05, 3.63) is 64.7 Å². The Labute approximate surface area is 186 Å². The molecule has 2 aromatic carbocycles. The van der Waals surface area contributed by atoms with Crippen LogP contribution >= 0.6 is 11.6 Å². The minimum Gasteiger partial charge on any atom is -0.444 e. The SMILES string of the molecule is O=C(Nc1ccc(CC(=O)N2CCN(C3COC3)CC2)cc1)OCc1ccc(Cl)cc1. The molecule has 0 radical (unpaired) electrons. The number of rotatable bonds is 6. The Kier molecular flexibility index (Phi) is 7.06. The maximum Gasteiger partial charge on any atom is 0.411 e. The topological polar surface area (TPSA) is 71.1 Å². The summed E-state index contributed by atoms with van der Waals surface area (Å²) < 4.78 is 10.5. The van der Waals surface area contributed by atoms with Crippen molar-refractivity contribution >= 4 is 29.3 Å². The van der Waals surface area contributed by atoms with Crippen molar-refractivity contribution in [2.75, 3.05) is 44.7 Å². The van der Waals surface area contributed by atoms with Crippen molar-refractivity contribution in [1.82, 2.24) is 9.80 Å². The molecule has 4 rings (SSSR count). The number of amides is 2. The summed E-state index contributed by atoms with van der Waals surface area (Å²) in [6.07, 6.45) is -0.179. The molecule has 0 atom stereocenters. The number of ether oxygens (including phenoxy) is 2. The lowest BCUT2D eigenvalue weighted by molar-refractivity contribution is -0.134. The Bertz CT molecular complexity index is 892. The Morgan fingerprint density at radius 3 is 2.23 bits per heavy atom. The second-order valence-electron chi connectivity index (χ2n) is 7.81. The van der Waals surface area contributed by atoms with Gasteiger partial charge in [0.25, 0.3) is 0 Å². The van der Waals surface area contributed by atoms with Crippen molar-refractivity contribution in [2.45, 2.75) is 19.1 Å². The number of anilines is 1. The van der Waals surface area contributed by atoms with Crippen LogP contribution in [0.5, 0.6) is 0 Å². The van der Waals surface area contributed by atoms with Crippen LogP contribution in [0.1, 0.15) is 11.1 Å². The van der Waals surface area contributed by atoms with E-state index in [-0.39, 0.29) is 12.5 Å². The molecule has 0 aliphatic carbocycles. The average Bonchev–Trinajstić information content (AvgIpc) is 2.74. The van der Waals surface area contributed by atoms with Crippen molar-refractivity contribution in [3.8, 4) is 0 Å². The number of piperazine rings is 1. The van der Waals surface area contributed by atoms with E-state index in [9.17, 15) is 9.59 Å². The first-order valence-electron chi connectivity index (χ1n) is 10.4. The maximum absolute atomic E-state index is 12.6. The van der Waals surface area contributed by atoms with Crippen LogP contribution in [-0.4, -0.2) is 67.2 Å². The van der Waals surface area contributed by atoms with Gasteiger partial charge in [0, 0.05) is 36.9 Å². The van der Waals surface area contributed by atoms with Crippen molar-refractivity contribution in [1.29, 1.82) is 0 Å². The Balaban J connectivity index is 1.20. The number of nitrogens with one attached hydrogen (secondary N) is 1. The van der Waals surface area contributed by atoms with Gasteiger partial charge in [0.2, 0.25) is 5.91 Å². The first-order chi connectivity index (χ1) is 15.1. The number of benzene rings is 2. The highest BCUT2D eigenvalue weighted by Crippen LogP contribution is 2.16. The molecule has 31 heavy (non-hydrogen) atoms. The zero-order chi connectivity index (χ0) is 21.6. The molecule has 0 bridgehead atoms. The summed E-state index contributed by atoms with van der Waals surface area (Å²) in [4.78, 5) is 28.9. The highest BCUT2D eigenvalue weighted by atomic mass is 35.5. The molecular formula is C23H26ClN3O4. The zero-order valence-electron chi connectivity index (χ0n) is 17.3. The molecule has 2 aliphatic heterocycles. The van der Waals surface area contributed by atoms with Crippen LogP contribution in [0.4, 0.5) is 10.5 Å². The van der Waals surface area contributed by atoms with Gasteiger partial charge >= 0.3 is 6.09 Å². The molecule has 0 spiro atoms. The predicted octanol–water partition coefficient (Wildman–Crippen LogP) is 3.17. The standard InChI is InChI=1S/C23H26ClN3O4/c24-19-5-1-18(2-6-19)14-31-23(29)25-20-7-3-17(4-8-20)13-22(28)27-11-9-26(10-12-27)21-15-30-16-21/h1-8,21H,9-16H2,(H,25,29). The van der Waals surface area contributed by atoms with Gasteiger partial charge in [0.05, 0.1) is 25.7 Å². The Hall–Kier alpha value is -2.61. The number of nitrogens with zero attached hydrogens (tertiary/aromatic N) is 2. The monoisotopic (exact) mass is 443 g/mol. The number of carbonyl (C=O) groups excluding carboxylic acids is 2. The Morgan fingerprint density at radius 2 is 1.61 bits per heavy atom. The molecule has 0 aromatic heterocycles. The molecule has 2 fully saturated rings. The van der Waals surface area contributed by atoms with Gasteiger partial charge in [-0.2, -0.15) is 0 Å². The van der Waals surface area contributed by atoms with Crippen LogP contribution < -0.4 is 5.32 Å². The lowest BCUT2D eigenvalue weighted by Crippen LogP contribution is -2.57. The molecule has 2 saturated heterocycles. The molecular weight excluding hydrogens is 418 g/mol. The van der Waals surface area contributed by atoms with E-state index in [1.54, 1.807) is 24.3 Å². The number of hydrogen-bond donors (Lipinski definition) is 1. The van der Waals surface area contributed by atoms with E-state index in [4.69, 9.17) is 21.1 Å². The smallest absolute Gasteiger partial charge is 0.411 e. The van der Waals surface area contributed by atoms with Crippen LogP contribution in [0.3, 0.4) is 0 Å². The van der Waals surface area contributed by atoms with Gasteiger partial charge in [0.1, 0.15) is 6.61 Å². The number of carbonyl (C=O) groups is 2. The summed E-state index contributed by atoms with van der Waals surface area (Å²) in [7, 11) is 0. The van der Waals surface area contributed by atoms with Crippen molar-refractivity contribution in [3.63, 3.8) is 0 Å². The minimum absolute atomic E-state index is 0.132. The molecule has 0 unspecified atom stereocenters. The molecule has 0 saturated carbocycles. The maximum atomic E-state index is 12.6. The van der Waals surface area contributed by atoms with E-state index < -0.39 is 6.09 Å². The Morgan fingerprint density at radius 1 is 0.968 bits per heavy atom. The van der Waals surface area contributed by atoms with E-state index >= 15 is 0 Å². The third-order valence-electron chi connectivity index (χ3n) is 5.64. The number of hydrogen-bond acceptors (Lipinski definition) is 5. The fourth-order valence-electron chi connectivity index (χ4n) is 3.65. The lowest BCUT2D eigenvalue weighted by atomic mass is 10.1. The largest absolute Gasteiger partial charge is 0.444 e. The summed E-state index contributed by atoms with van der Waals surface area (Å²) in [5.74, 6) is 0.132. The highest BCUT2D eigenvalue weighted by Gasteiger charge is 2.30. The minimum atomic E-state index is -0.534. The zero-order valence-corrected chi connectivity index (χ0v) is 18.0. The summed E-state index contributed by atoms with van der Waals surface area (Å²) >= 11 is 5.84. The van der Waals surface area contributed by atoms with Crippen LogP contribution in [0.15, 0.2) is 48.5 Å². The van der Waals surface area contributed by atoms with Crippen LogP contribution in [-0.2, 0) is 27.3 Å². The molecule has 2 amide bonds. The molecule has 2 aliphatic rings. The summed E-state index contributed by atoms with van der Waals surface area (Å²) in [5, 5.41) is 3.33. The van der Waals surface area contributed by atoms with Crippen molar-refractivity contribution < 1.29 is 19.1 Å². The first kappa shape index (κ1) is 21.6. The fraction of sp³-hybridized carbons (Fsp3) is 0.391. The van der Waals surface area contributed by atoms with Gasteiger partial charge in [-0.25, -0.2) is 4.79 Å². The predicted molar refractivity (Wildman–Crippen MR) is 118 cm³/mol. The number of halogens is 1. The van der Waals surface area contributed by atoms with Crippen LogP contribution in [0.2, 0.25) is 5.02 Å². The van der Waals surface area contributed by atoms with Gasteiger partial charge in [-0.05, 0) is 35.4 Å².